The van der Waals surface area contributed by atoms with E-state index in [9.17, 15) is 5.11 Å². The monoisotopic (exact) mass is 188 g/mol. The second kappa shape index (κ2) is 8.52. The summed E-state index contributed by atoms with van der Waals surface area (Å²) in [4.78, 5) is 0. The number of hydrogen-bond donors (Lipinski definition) is 1. The van der Waals surface area contributed by atoms with Gasteiger partial charge in [0.1, 0.15) is 0 Å². The predicted octanol–water partition coefficient (Wildman–Crippen LogP) is 2.60. The first kappa shape index (κ1) is 12.9. The first-order valence-electron chi connectivity index (χ1n) is 5.48. The summed E-state index contributed by atoms with van der Waals surface area (Å²) in [6, 6.07) is 0. The zero-order valence-electron chi connectivity index (χ0n) is 9.25. The van der Waals surface area contributed by atoms with Gasteiger partial charge in [0, 0.05) is 12.5 Å². The van der Waals surface area contributed by atoms with Gasteiger partial charge in [-0.3, -0.25) is 0 Å². The highest BCUT2D eigenvalue weighted by Gasteiger charge is 2.13. The minimum absolute atomic E-state index is 0.235. The summed E-state index contributed by atoms with van der Waals surface area (Å²) in [7, 11) is 0. The second-order valence-corrected chi connectivity index (χ2v) is 3.72. The first-order valence-corrected chi connectivity index (χ1v) is 5.48. The van der Waals surface area contributed by atoms with Gasteiger partial charge < -0.3 is 9.84 Å². The van der Waals surface area contributed by atoms with Gasteiger partial charge in [0.2, 0.25) is 0 Å². The molecule has 80 valence electrons. The van der Waals surface area contributed by atoms with Gasteiger partial charge >= 0.3 is 0 Å². The van der Waals surface area contributed by atoms with E-state index in [2.05, 4.69) is 13.8 Å². The van der Waals surface area contributed by atoms with Gasteiger partial charge in [-0.15, -0.1) is 0 Å². The standard InChI is InChI=1S/C11H24O2/c1-4-6-8-13-9-11(7-5-2)10(3)12/h10-12H,4-9H2,1-3H3. The molecule has 2 nitrogen and oxygen atoms in total. The van der Waals surface area contributed by atoms with Crippen LogP contribution in [0.1, 0.15) is 46.5 Å². The lowest BCUT2D eigenvalue weighted by molar-refractivity contribution is 0.0311. The summed E-state index contributed by atoms with van der Waals surface area (Å²) >= 11 is 0. The van der Waals surface area contributed by atoms with E-state index in [-0.39, 0.29) is 6.10 Å². The summed E-state index contributed by atoms with van der Waals surface area (Å²) in [5.74, 6) is 0.321. The van der Waals surface area contributed by atoms with Crippen molar-refractivity contribution in [2.75, 3.05) is 13.2 Å². The molecular formula is C11H24O2. The lowest BCUT2D eigenvalue weighted by atomic mass is 9.99. The Balaban J connectivity index is 3.45. The van der Waals surface area contributed by atoms with Crippen LogP contribution in [0.3, 0.4) is 0 Å². The molecule has 0 aromatic rings. The zero-order valence-corrected chi connectivity index (χ0v) is 9.25. The smallest absolute Gasteiger partial charge is 0.0562 e. The lowest BCUT2D eigenvalue weighted by Gasteiger charge is -2.18. The average molecular weight is 188 g/mol. The first-order chi connectivity index (χ1) is 6.22. The van der Waals surface area contributed by atoms with Gasteiger partial charge in [-0.1, -0.05) is 26.7 Å². The number of hydrogen-bond acceptors (Lipinski definition) is 2. The Morgan fingerprint density at radius 3 is 2.38 bits per heavy atom. The Morgan fingerprint density at radius 2 is 1.92 bits per heavy atom. The molecule has 0 amide bonds. The largest absolute Gasteiger partial charge is 0.393 e. The maximum atomic E-state index is 9.42. The van der Waals surface area contributed by atoms with Crippen LogP contribution in [0.2, 0.25) is 0 Å². The molecule has 0 bridgehead atoms. The fourth-order valence-corrected chi connectivity index (χ4v) is 1.32. The van der Waals surface area contributed by atoms with Crippen LogP contribution < -0.4 is 0 Å². The second-order valence-electron chi connectivity index (χ2n) is 3.72. The minimum atomic E-state index is -0.235. The number of aliphatic hydroxyl groups is 1. The molecule has 2 atom stereocenters. The molecular weight excluding hydrogens is 164 g/mol. The van der Waals surface area contributed by atoms with Crippen LogP contribution >= 0.6 is 0 Å². The Bertz CT molecular complexity index is 102. The molecule has 2 heteroatoms. The van der Waals surface area contributed by atoms with Gasteiger partial charge in [0.15, 0.2) is 0 Å². The van der Waals surface area contributed by atoms with Crippen LogP contribution in [0.4, 0.5) is 0 Å². The number of ether oxygens (including phenoxy) is 1. The highest BCUT2D eigenvalue weighted by Crippen LogP contribution is 2.11. The molecule has 2 unspecified atom stereocenters. The van der Waals surface area contributed by atoms with Crippen molar-refractivity contribution in [3.8, 4) is 0 Å². The van der Waals surface area contributed by atoms with Crippen LogP contribution in [0.15, 0.2) is 0 Å². The highest BCUT2D eigenvalue weighted by molar-refractivity contribution is 4.63. The molecule has 0 aliphatic heterocycles. The van der Waals surface area contributed by atoms with Crippen LogP contribution in [0.5, 0.6) is 0 Å². The maximum Gasteiger partial charge on any atom is 0.0562 e. The minimum Gasteiger partial charge on any atom is -0.393 e. The lowest BCUT2D eigenvalue weighted by Crippen LogP contribution is -2.22. The molecule has 0 saturated carbocycles. The molecule has 0 spiro atoms. The molecule has 0 fully saturated rings. The van der Waals surface area contributed by atoms with E-state index in [1.807, 2.05) is 6.92 Å². The highest BCUT2D eigenvalue weighted by atomic mass is 16.5. The van der Waals surface area contributed by atoms with E-state index in [0.717, 1.165) is 25.9 Å². The van der Waals surface area contributed by atoms with E-state index in [0.29, 0.717) is 12.5 Å². The van der Waals surface area contributed by atoms with Crippen molar-refractivity contribution < 1.29 is 9.84 Å². The van der Waals surface area contributed by atoms with Crippen molar-refractivity contribution >= 4 is 0 Å². The topological polar surface area (TPSA) is 29.5 Å². The van der Waals surface area contributed by atoms with Crippen molar-refractivity contribution in [2.24, 2.45) is 5.92 Å². The normalized spacial score (nSPS) is 15.7. The Labute approximate surface area is 82.3 Å². The third-order valence-electron chi connectivity index (χ3n) is 2.32. The Hall–Kier alpha value is -0.0800. The van der Waals surface area contributed by atoms with Crippen molar-refractivity contribution in [1.29, 1.82) is 0 Å². The molecule has 0 aromatic carbocycles. The maximum absolute atomic E-state index is 9.42. The quantitative estimate of drug-likeness (QED) is 0.593. The number of aliphatic hydroxyl groups excluding tert-OH is 1. The fraction of sp³-hybridized carbons (Fsp3) is 1.00. The van der Waals surface area contributed by atoms with E-state index < -0.39 is 0 Å². The van der Waals surface area contributed by atoms with Crippen molar-refractivity contribution in [3.05, 3.63) is 0 Å². The Kier molecular flexibility index (Phi) is 8.46. The molecule has 0 rings (SSSR count). The number of rotatable bonds is 8. The molecule has 0 aliphatic rings. The van der Waals surface area contributed by atoms with Crippen LogP contribution in [-0.2, 0) is 4.74 Å². The SMILES string of the molecule is CCCCOCC(CCC)C(C)O. The Morgan fingerprint density at radius 1 is 1.23 bits per heavy atom. The molecule has 1 N–H and O–H groups in total. The number of unbranched alkanes of at least 4 members (excludes halogenated alkanes) is 1. The summed E-state index contributed by atoms with van der Waals surface area (Å²) in [5, 5.41) is 9.42. The average Bonchev–Trinajstić information content (AvgIpc) is 2.10. The van der Waals surface area contributed by atoms with Gasteiger partial charge in [0.05, 0.1) is 12.7 Å². The van der Waals surface area contributed by atoms with E-state index >= 15 is 0 Å². The summed E-state index contributed by atoms with van der Waals surface area (Å²) in [6.07, 6.45) is 4.24. The third-order valence-corrected chi connectivity index (χ3v) is 2.32. The molecule has 0 saturated heterocycles. The fourth-order valence-electron chi connectivity index (χ4n) is 1.32. The predicted molar refractivity (Wildman–Crippen MR) is 55.8 cm³/mol. The molecule has 13 heavy (non-hydrogen) atoms. The van der Waals surface area contributed by atoms with E-state index in [1.54, 1.807) is 0 Å². The van der Waals surface area contributed by atoms with Crippen LogP contribution in [0, 0.1) is 5.92 Å². The van der Waals surface area contributed by atoms with Crippen LogP contribution in [-0.4, -0.2) is 24.4 Å². The van der Waals surface area contributed by atoms with Gasteiger partial charge in [-0.25, -0.2) is 0 Å². The summed E-state index contributed by atoms with van der Waals surface area (Å²) in [6.45, 7) is 7.70. The molecule has 0 aromatic heterocycles. The van der Waals surface area contributed by atoms with Crippen molar-refractivity contribution in [3.63, 3.8) is 0 Å². The molecule has 0 aliphatic carbocycles. The van der Waals surface area contributed by atoms with Crippen LogP contribution in [0.25, 0.3) is 0 Å². The summed E-state index contributed by atoms with van der Waals surface area (Å²) < 4.78 is 5.49. The molecule has 0 radical (unpaired) electrons. The van der Waals surface area contributed by atoms with E-state index in [1.165, 1.54) is 6.42 Å². The summed E-state index contributed by atoms with van der Waals surface area (Å²) in [5.41, 5.74) is 0. The molecule has 0 heterocycles. The van der Waals surface area contributed by atoms with E-state index in [4.69, 9.17) is 4.74 Å². The van der Waals surface area contributed by atoms with Crippen molar-refractivity contribution in [2.45, 2.75) is 52.6 Å². The van der Waals surface area contributed by atoms with Gasteiger partial charge in [0.25, 0.3) is 0 Å². The zero-order chi connectivity index (χ0) is 10.1. The van der Waals surface area contributed by atoms with Gasteiger partial charge in [-0.2, -0.15) is 0 Å². The van der Waals surface area contributed by atoms with Gasteiger partial charge in [-0.05, 0) is 19.8 Å². The third kappa shape index (κ3) is 7.03. The van der Waals surface area contributed by atoms with Crippen molar-refractivity contribution in [1.82, 2.24) is 0 Å².